The van der Waals surface area contributed by atoms with Crippen LogP contribution in [0.4, 0.5) is 0 Å². The molecule has 0 saturated heterocycles. The van der Waals surface area contributed by atoms with Crippen LogP contribution in [0.25, 0.3) is 10.4 Å². The Balaban J connectivity index is 2.44. The highest BCUT2D eigenvalue weighted by atomic mass is 32.9. The molecule has 3 N–H and O–H groups in total. The number of nitrogens with zero attached hydrogens (tertiary/aromatic N) is 2. The van der Waals surface area contributed by atoms with E-state index in [0.29, 0.717) is 31.9 Å². The Hall–Kier alpha value is -0.870. The summed E-state index contributed by atoms with van der Waals surface area (Å²) in [7, 11) is 3.22. The van der Waals surface area contributed by atoms with Gasteiger partial charge in [-0.2, -0.15) is 0 Å². The second-order valence-electron chi connectivity index (χ2n) is 6.32. The number of hydrogen-bond acceptors (Lipinski definition) is 8. The minimum absolute atomic E-state index is 0.0905. The van der Waals surface area contributed by atoms with Gasteiger partial charge in [0.25, 0.3) is 0 Å². The van der Waals surface area contributed by atoms with Gasteiger partial charge in [0.15, 0.2) is 0 Å². The van der Waals surface area contributed by atoms with Gasteiger partial charge in [0.2, 0.25) is 0 Å². The quantitative estimate of drug-likeness (QED) is 0.376. The first-order valence-corrected chi connectivity index (χ1v) is 11.7. The molecule has 1 heterocycles. The highest BCUT2D eigenvalue weighted by molar-refractivity contribution is 7.80. The van der Waals surface area contributed by atoms with E-state index in [1.807, 2.05) is 32.0 Å². The van der Waals surface area contributed by atoms with E-state index in [2.05, 4.69) is 9.80 Å². The standard InChI is InChI=1S/C19H28N2O3S3/c1-3-20(5-7-22)12-15-9-14(17-11-18(25)27-26-17)10-16(19(15)24)13-21(4-2)6-8-23/h9-11,22-24H,3-8,12-13H2,1-2H3. The van der Waals surface area contributed by atoms with Crippen molar-refractivity contribution in [3.63, 3.8) is 0 Å². The van der Waals surface area contributed by atoms with Gasteiger partial charge in [-0.05, 0) is 36.9 Å². The van der Waals surface area contributed by atoms with Crippen LogP contribution >= 0.6 is 32.9 Å². The van der Waals surface area contributed by atoms with Crippen LogP contribution < -0.4 is 0 Å². The summed E-state index contributed by atoms with van der Waals surface area (Å²) < 4.78 is 0.858. The first kappa shape index (κ1) is 22.4. The molecule has 0 bridgehead atoms. The Bertz CT molecular complexity index is 739. The molecule has 0 aliphatic carbocycles. The van der Waals surface area contributed by atoms with Crippen LogP contribution in [0.15, 0.2) is 18.2 Å². The highest BCUT2D eigenvalue weighted by Gasteiger charge is 2.16. The predicted molar refractivity (Wildman–Crippen MR) is 116 cm³/mol. The van der Waals surface area contributed by atoms with Gasteiger partial charge in [0, 0.05) is 42.2 Å². The second-order valence-corrected chi connectivity index (χ2v) is 9.23. The fourth-order valence-corrected chi connectivity index (χ4v) is 5.36. The Kier molecular flexibility index (Phi) is 9.31. The van der Waals surface area contributed by atoms with Crippen molar-refractivity contribution in [1.29, 1.82) is 0 Å². The number of aliphatic hydroxyl groups is 2. The van der Waals surface area contributed by atoms with E-state index in [1.165, 1.54) is 0 Å². The molecule has 2 rings (SSSR count). The summed E-state index contributed by atoms with van der Waals surface area (Å²) in [4.78, 5) is 5.30. The normalized spacial score (nSPS) is 11.6. The lowest BCUT2D eigenvalue weighted by molar-refractivity contribution is 0.192. The molecule has 27 heavy (non-hydrogen) atoms. The smallest absolute Gasteiger partial charge is 0.124 e. The molecule has 1 aromatic carbocycles. The Morgan fingerprint density at radius 1 is 0.889 bits per heavy atom. The maximum Gasteiger partial charge on any atom is 0.124 e. The molecule has 0 aliphatic rings. The number of hydrogen-bond donors (Lipinski definition) is 3. The molecule has 0 amide bonds. The number of aromatic hydroxyl groups is 1. The van der Waals surface area contributed by atoms with E-state index >= 15 is 0 Å². The summed E-state index contributed by atoms with van der Waals surface area (Å²) in [5, 5.41) is 29.4. The van der Waals surface area contributed by atoms with Crippen LogP contribution in [0, 0.1) is 3.82 Å². The zero-order valence-electron chi connectivity index (χ0n) is 15.8. The van der Waals surface area contributed by atoms with Crippen LogP contribution in [0.5, 0.6) is 5.75 Å². The lowest BCUT2D eigenvalue weighted by Gasteiger charge is -2.24. The van der Waals surface area contributed by atoms with E-state index in [1.54, 1.807) is 20.7 Å². The minimum Gasteiger partial charge on any atom is -0.507 e. The molecular formula is C19H28N2O3S3. The number of rotatable bonds is 11. The molecule has 0 saturated carbocycles. The third-order valence-corrected chi connectivity index (χ3v) is 7.44. The topological polar surface area (TPSA) is 67.2 Å². The van der Waals surface area contributed by atoms with Gasteiger partial charge in [0.1, 0.15) is 9.57 Å². The molecule has 8 heteroatoms. The number of phenols is 1. The summed E-state index contributed by atoms with van der Waals surface area (Å²) >= 11 is 5.28. The van der Waals surface area contributed by atoms with Crippen molar-refractivity contribution in [2.75, 3.05) is 39.4 Å². The first-order chi connectivity index (χ1) is 13.0. The lowest BCUT2D eigenvalue weighted by atomic mass is 10.0. The Morgan fingerprint density at radius 3 is 1.78 bits per heavy atom. The average Bonchev–Trinajstić information content (AvgIpc) is 3.10. The number of phenolic OH excluding ortho intramolecular Hbond substituents is 1. The van der Waals surface area contributed by atoms with Crippen LogP contribution in [0.1, 0.15) is 25.0 Å². The summed E-state index contributed by atoms with van der Waals surface area (Å²) in [6.07, 6.45) is 0. The Labute approximate surface area is 173 Å². The first-order valence-electron chi connectivity index (χ1n) is 9.14. The zero-order valence-corrected chi connectivity index (χ0v) is 18.3. The average molecular weight is 429 g/mol. The largest absolute Gasteiger partial charge is 0.507 e. The molecule has 0 fully saturated rings. The van der Waals surface area contributed by atoms with Crippen molar-refractivity contribution < 1.29 is 15.3 Å². The van der Waals surface area contributed by atoms with Crippen LogP contribution in [0.2, 0.25) is 0 Å². The van der Waals surface area contributed by atoms with E-state index in [9.17, 15) is 15.3 Å². The molecule has 5 nitrogen and oxygen atoms in total. The third kappa shape index (κ3) is 6.32. The van der Waals surface area contributed by atoms with Crippen molar-refractivity contribution in [2.45, 2.75) is 26.9 Å². The van der Waals surface area contributed by atoms with Crippen molar-refractivity contribution in [3.05, 3.63) is 33.1 Å². The molecule has 150 valence electrons. The Morgan fingerprint density at radius 2 is 1.41 bits per heavy atom. The van der Waals surface area contributed by atoms with E-state index in [-0.39, 0.29) is 13.2 Å². The van der Waals surface area contributed by atoms with Crippen LogP contribution in [0.3, 0.4) is 0 Å². The van der Waals surface area contributed by atoms with Crippen molar-refractivity contribution >= 4 is 32.9 Å². The summed E-state index contributed by atoms with van der Waals surface area (Å²) in [6, 6.07) is 6.05. The molecular weight excluding hydrogens is 400 g/mol. The third-order valence-electron chi connectivity index (χ3n) is 4.53. The predicted octanol–water partition coefficient (Wildman–Crippen LogP) is 3.54. The fraction of sp³-hybridized carbons (Fsp3) is 0.526. The van der Waals surface area contributed by atoms with Crippen molar-refractivity contribution in [3.8, 4) is 16.2 Å². The lowest BCUT2D eigenvalue weighted by Crippen LogP contribution is -2.27. The SMILES string of the molecule is CCN(CCO)Cc1cc(-c2cc(=S)ss2)cc(CN(CC)CCO)c1O. The highest BCUT2D eigenvalue weighted by Crippen LogP contribution is 2.35. The fourth-order valence-electron chi connectivity index (χ4n) is 2.98. The number of aliphatic hydroxyl groups excluding tert-OH is 2. The van der Waals surface area contributed by atoms with Crippen molar-refractivity contribution in [1.82, 2.24) is 9.80 Å². The molecule has 0 atom stereocenters. The van der Waals surface area contributed by atoms with Gasteiger partial charge < -0.3 is 15.3 Å². The van der Waals surface area contributed by atoms with E-state index in [0.717, 1.165) is 38.5 Å². The van der Waals surface area contributed by atoms with Gasteiger partial charge in [-0.3, -0.25) is 9.80 Å². The van der Waals surface area contributed by atoms with Gasteiger partial charge in [-0.15, -0.1) is 0 Å². The maximum atomic E-state index is 10.9. The molecule has 2 aromatic rings. The molecule has 0 unspecified atom stereocenters. The van der Waals surface area contributed by atoms with E-state index < -0.39 is 0 Å². The van der Waals surface area contributed by atoms with E-state index in [4.69, 9.17) is 12.2 Å². The summed E-state index contributed by atoms with van der Waals surface area (Å²) in [5.74, 6) is 0.297. The summed E-state index contributed by atoms with van der Waals surface area (Å²) in [6.45, 7) is 8.14. The van der Waals surface area contributed by atoms with Gasteiger partial charge in [-0.1, -0.05) is 46.7 Å². The summed E-state index contributed by atoms with van der Waals surface area (Å²) in [5.41, 5.74) is 2.75. The van der Waals surface area contributed by atoms with Gasteiger partial charge in [0.05, 0.1) is 13.2 Å². The van der Waals surface area contributed by atoms with Crippen LogP contribution in [-0.4, -0.2) is 64.5 Å². The van der Waals surface area contributed by atoms with Gasteiger partial charge in [-0.25, -0.2) is 0 Å². The second kappa shape index (κ2) is 11.2. The molecule has 1 aromatic heterocycles. The zero-order chi connectivity index (χ0) is 19.8. The minimum atomic E-state index is 0.0905. The monoisotopic (exact) mass is 428 g/mol. The maximum absolute atomic E-state index is 10.9. The van der Waals surface area contributed by atoms with Gasteiger partial charge >= 0.3 is 0 Å². The number of likely N-dealkylation sites (N-methyl/N-ethyl adjacent to an activating group) is 2. The van der Waals surface area contributed by atoms with Crippen LogP contribution in [-0.2, 0) is 13.1 Å². The molecule has 0 radical (unpaired) electrons. The van der Waals surface area contributed by atoms with Crippen molar-refractivity contribution in [2.24, 2.45) is 0 Å². The molecule has 0 aliphatic heterocycles. The number of benzene rings is 1. The molecule has 0 spiro atoms.